The van der Waals surface area contributed by atoms with E-state index in [1.165, 1.54) is 0 Å². The minimum atomic E-state index is -0.669. The normalized spacial score (nSPS) is 18.9. The Balaban J connectivity index is 1.39. The molecule has 5 rings (SSSR count). The van der Waals surface area contributed by atoms with E-state index in [1.54, 1.807) is 23.6 Å². The molecule has 8 heteroatoms. The van der Waals surface area contributed by atoms with Crippen molar-refractivity contribution in [2.45, 2.75) is 44.8 Å². The molecule has 1 N–H and O–H groups in total. The standard InChI is InChI=1S/C28H32N4O4/c1-4-36-28(35)31-15-13-19(14-16-31)29-26(33)18(2)32-25(21-10-5-6-11-22(21)27(32)34)23-17-30(3)24-12-8-7-9-20(23)24/h5-12,17-19,25H,4,13-16H2,1-3H3,(H,29,33)/t18-,25+/m1/s1. The first kappa shape index (κ1) is 23.9. The summed E-state index contributed by atoms with van der Waals surface area (Å²) in [6.45, 7) is 4.99. The first-order valence-corrected chi connectivity index (χ1v) is 12.6. The molecule has 2 aliphatic rings. The maximum Gasteiger partial charge on any atom is 0.409 e. The van der Waals surface area contributed by atoms with E-state index in [1.807, 2.05) is 43.4 Å². The molecule has 188 valence electrons. The Hall–Kier alpha value is -3.81. The largest absolute Gasteiger partial charge is 0.450 e. The summed E-state index contributed by atoms with van der Waals surface area (Å²) in [5, 5.41) is 4.20. The number of aryl methyl sites for hydroxylation is 1. The molecule has 0 bridgehead atoms. The fraction of sp³-hybridized carbons (Fsp3) is 0.393. The number of carbonyl (C=O) groups is 3. The van der Waals surface area contributed by atoms with E-state index in [9.17, 15) is 14.4 Å². The maximum absolute atomic E-state index is 13.6. The number of piperidine rings is 1. The van der Waals surface area contributed by atoms with Crippen molar-refractivity contribution in [3.05, 3.63) is 71.4 Å². The van der Waals surface area contributed by atoms with Crippen LogP contribution in [0.2, 0.25) is 0 Å². The molecule has 2 atom stereocenters. The summed E-state index contributed by atoms with van der Waals surface area (Å²) >= 11 is 0. The van der Waals surface area contributed by atoms with Gasteiger partial charge in [0.05, 0.1) is 12.6 Å². The van der Waals surface area contributed by atoms with E-state index in [4.69, 9.17) is 4.74 Å². The van der Waals surface area contributed by atoms with Gasteiger partial charge in [-0.05, 0) is 44.4 Å². The summed E-state index contributed by atoms with van der Waals surface area (Å²) in [7, 11) is 2.00. The number of hydrogen-bond acceptors (Lipinski definition) is 4. The molecule has 1 fully saturated rings. The van der Waals surface area contributed by atoms with Crippen molar-refractivity contribution in [1.29, 1.82) is 0 Å². The van der Waals surface area contributed by atoms with Crippen LogP contribution in [0, 0.1) is 0 Å². The molecule has 3 amide bonds. The number of fused-ring (bicyclic) bond motifs is 2. The molecular weight excluding hydrogens is 456 g/mol. The number of nitrogens with one attached hydrogen (secondary N) is 1. The highest BCUT2D eigenvalue weighted by atomic mass is 16.6. The molecular formula is C28H32N4O4. The average molecular weight is 489 g/mol. The van der Waals surface area contributed by atoms with Gasteiger partial charge in [-0.2, -0.15) is 0 Å². The van der Waals surface area contributed by atoms with Crippen LogP contribution in [0.5, 0.6) is 0 Å². The van der Waals surface area contributed by atoms with E-state index in [-0.39, 0.29) is 30.0 Å². The number of hydrogen-bond donors (Lipinski definition) is 1. The Labute approximate surface area is 210 Å². The quantitative estimate of drug-likeness (QED) is 0.591. The third-order valence-corrected chi connectivity index (χ3v) is 7.38. The van der Waals surface area contributed by atoms with Crippen molar-refractivity contribution in [3.63, 3.8) is 0 Å². The lowest BCUT2D eigenvalue weighted by Gasteiger charge is -2.34. The third-order valence-electron chi connectivity index (χ3n) is 7.38. The number of aromatic nitrogens is 1. The summed E-state index contributed by atoms with van der Waals surface area (Å²) < 4.78 is 7.15. The lowest BCUT2D eigenvalue weighted by atomic mass is 9.97. The van der Waals surface area contributed by atoms with Gasteiger partial charge in [0.2, 0.25) is 5.91 Å². The zero-order valence-corrected chi connectivity index (χ0v) is 20.9. The molecule has 0 radical (unpaired) electrons. The number of rotatable bonds is 5. The highest BCUT2D eigenvalue weighted by Gasteiger charge is 2.43. The van der Waals surface area contributed by atoms with E-state index in [0.29, 0.717) is 38.1 Å². The van der Waals surface area contributed by atoms with Gasteiger partial charge in [-0.1, -0.05) is 36.4 Å². The number of ether oxygens (including phenoxy) is 1. The molecule has 0 spiro atoms. The SMILES string of the molecule is CCOC(=O)N1CCC(NC(=O)[C@@H](C)N2C(=O)c3ccccc3[C@H]2c2cn(C)c3ccccc23)CC1. The zero-order valence-electron chi connectivity index (χ0n) is 20.9. The fourth-order valence-electron chi connectivity index (χ4n) is 5.51. The minimum absolute atomic E-state index is 0.0540. The van der Waals surface area contributed by atoms with Crippen LogP contribution in [0.3, 0.4) is 0 Å². The number of carbonyl (C=O) groups excluding carboxylic acids is 3. The van der Waals surface area contributed by atoms with Gasteiger partial charge in [0.1, 0.15) is 6.04 Å². The smallest absolute Gasteiger partial charge is 0.409 e. The first-order chi connectivity index (χ1) is 17.4. The highest BCUT2D eigenvalue weighted by molar-refractivity contribution is 6.03. The van der Waals surface area contributed by atoms with Crippen molar-refractivity contribution in [2.75, 3.05) is 19.7 Å². The van der Waals surface area contributed by atoms with Crippen LogP contribution in [0.4, 0.5) is 4.79 Å². The predicted molar refractivity (Wildman–Crippen MR) is 137 cm³/mol. The van der Waals surface area contributed by atoms with Crippen molar-refractivity contribution in [2.24, 2.45) is 7.05 Å². The van der Waals surface area contributed by atoms with Gasteiger partial charge in [-0.3, -0.25) is 9.59 Å². The van der Waals surface area contributed by atoms with Crippen LogP contribution in [0.15, 0.2) is 54.7 Å². The second-order valence-electron chi connectivity index (χ2n) is 9.56. The summed E-state index contributed by atoms with van der Waals surface area (Å²) in [5.41, 5.74) is 3.64. The minimum Gasteiger partial charge on any atom is -0.450 e. The molecule has 3 heterocycles. The Morgan fingerprint density at radius 1 is 1.06 bits per heavy atom. The Bertz CT molecular complexity index is 1310. The molecule has 0 saturated carbocycles. The van der Waals surface area contributed by atoms with Crippen LogP contribution >= 0.6 is 0 Å². The molecule has 36 heavy (non-hydrogen) atoms. The second kappa shape index (κ2) is 9.68. The van der Waals surface area contributed by atoms with Crippen molar-refractivity contribution >= 4 is 28.8 Å². The topological polar surface area (TPSA) is 83.9 Å². The second-order valence-corrected chi connectivity index (χ2v) is 9.56. The Morgan fingerprint density at radius 2 is 1.75 bits per heavy atom. The van der Waals surface area contributed by atoms with Gasteiger partial charge in [-0.15, -0.1) is 0 Å². The Kier molecular flexibility index (Phi) is 6.43. The lowest BCUT2D eigenvalue weighted by Crippen LogP contribution is -2.52. The van der Waals surface area contributed by atoms with Crippen LogP contribution < -0.4 is 5.32 Å². The van der Waals surface area contributed by atoms with E-state index in [0.717, 1.165) is 22.0 Å². The molecule has 0 aliphatic carbocycles. The van der Waals surface area contributed by atoms with E-state index >= 15 is 0 Å². The van der Waals surface area contributed by atoms with Crippen LogP contribution in [-0.4, -0.2) is 64.1 Å². The van der Waals surface area contributed by atoms with E-state index < -0.39 is 6.04 Å². The third kappa shape index (κ3) is 4.10. The number of para-hydroxylation sites is 1. The predicted octanol–water partition coefficient (Wildman–Crippen LogP) is 3.85. The molecule has 1 aromatic heterocycles. The molecule has 2 aromatic carbocycles. The van der Waals surface area contributed by atoms with Crippen molar-refractivity contribution in [3.8, 4) is 0 Å². The summed E-state index contributed by atoms with van der Waals surface area (Å²) in [6.07, 6.45) is 3.05. The Morgan fingerprint density at radius 3 is 2.50 bits per heavy atom. The van der Waals surface area contributed by atoms with Gasteiger partial charge >= 0.3 is 6.09 Å². The lowest BCUT2D eigenvalue weighted by molar-refractivity contribution is -0.126. The van der Waals surface area contributed by atoms with Gasteiger partial charge in [0, 0.05) is 54.4 Å². The molecule has 1 saturated heterocycles. The molecule has 0 unspecified atom stereocenters. The monoisotopic (exact) mass is 488 g/mol. The number of amides is 3. The van der Waals surface area contributed by atoms with Gasteiger partial charge in [0.15, 0.2) is 0 Å². The molecule has 8 nitrogen and oxygen atoms in total. The summed E-state index contributed by atoms with van der Waals surface area (Å²) in [5.74, 6) is -0.320. The van der Waals surface area contributed by atoms with Crippen molar-refractivity contribution < 1.29 is 19.1 Å². The molecule has 2 aliphatic heterocycles. The van der Waals surface area contributed by atoms with Gasteiger partial charge in [0.25, 0.3) is 5.91 Å². The van der Waals surface area contributed by atoms with Gasteiger partial charge in [-0.25, -0.2) is 4.79 Å². The number of likely N-dealkylation sites (tertiary alicyclic amines) is 1. The summed E-state index contributed by atoms with van der Waals surface area (Å²) in [4.78, 5) is 42.4. The van der Waals surface area contributed by atoms with Gasteiger partial charge < -0.3 is 24.4 Å². The highest BCUT2D eigenvalue weighted by Crippen LogP contribution is 2.42. The number of benzene rings is 2. The first-order valence-electron chi connectivity index (χ1n) is 12.6. The van der Waals surface area contributed by atoms with E-state index in [2.05, 4.69) is 28.2 Å². The zero-order chi connectivity index (χ0) is 25.4. The van der Waals surface area contributed by atoms with Crippen LogP contribution in [0.25, 0.3) is 10.9 Å². The summed E-state index contributed by atoms with van der Waals surface area (Å²) in [6, 6.07) is 14.7. The van der Waals surface area contributed by atoms with Crippen LogP contribution in [0.1, 0.15) is 54.2 Å². The van der Waals surface area contributed by atoms with Crippen molar-refractivity contribution in [1.82, 2.24) is 19.7 Å². The average Bonchev–Trinajstić information content (AvgIpc) is 3.38. The molecule has 3 aromatic rings. The number of nitrogens with zero attached hydrogens (tertiary/aromatic N) is 3. The van der Waals surface area contributed by atoms with Crippen LogP contribution in [-0.2, 0) is 16.6 Å². The maximum atomic E-state index is 13.6. The fourth-order valence-corrected chi connectivity index (χ4v) is 5.51.